The van der Waals surface area contributed by atoms with Crippen molar-refractivity contribution in [3.63, 3.8) is 0 Å². The van der Waals surface area contributed by atoms with Crippen LogP contribution in [0.1, 0.15) is 12.0 Å². The van der Waals surface area contributed by atoms with Crippen molar-refractivity contribution in [3.05, 3.63) is 35.9 Å². The van der Waals surface area contributed by atoms with E-state index in [4.69, 9.17) is 9.47 Å². The fourth-order valence-electron chi connectivity index (χ4n) is 2.55. The summed E-state index contributed by atoms with van der Waals surface area (Å²) in [5.41, 5.74) is 1.04. The molecule has 2 aliphatic heterocycles. The van der Waals surface area contributed by atoms with E-state index in [0.29, 0.717) is 6.79 Å². The Bertz CT molecular complexity index is 341. The number of hydrogen-bond donors (Lipinski definition) is 1. The Hall–Kier alpha value is -0.900. The van der Waals surface area contributed by atoms with Gasteiger partial charge in [-0.05, 0) is 18.5 Å². The molecule has 80 valence electrons. The highest BCUT2D eigenvalue weighted by atomic mass is 16.7. The molecule has 0 aromatic heterocycles. The normalized spacial score (nSPS) is 35.1. The highest BCUT2D eigenvalue weighted by molar-refractivity contribution is 5.26. The molecule has 2 aliphatic rings. The van der Waals surface area contributed by atoms with Crippen molar-refractivity contribution in [2.24, 2.45) is 0 Å². The Morgan fingerprint density at radius 3 is 3.00 bits per heavy atom. The summed E-state index contributed by atoms with van der Waals surface area (Å²) in [6, 6.07) is 10.4. The number of rotatable bonds is 1. The fraction of sp³-hybridized carbons (Fsp3) is 0.500. The minimum atomic E-state index is -0.202. The molecular weight excluding hydrogens is 190 g/mol. The van der Waals surface area contributed by atoms with Crippen LogP contribution < -0.4 is 5.32 Å². The maximum atomic E-state index is 5.87. The van der Waals surface area contributed by atoms with Gasteiger partial charge in [0.2, 0.25) is 0 Å². The maximum Gasteiger partial charge on any atom is 0.148 e. The van der Waals surface area contributed by atoms with E-state index in [-0.39, 0.29) is 11.7 Å². The molecule has 1 aromatic rings. The van der Waals surface area contributed by atoms with Gasteiger partial charge in [-0.2, -0.15) is 0 Å². The summed E-state index contributed by atoms with van der Waals surface area (Å²) >= 11 is 0. The largest absolute Gasteiger partial charge is 0.347 e. The van der Waals surface area contributed by atoms with E-state index in [1.165, 1.54) is 5.56 Å². The Labute approximate surface area is 89.4 Å². The lowest BCUT2D eigenvalue weighted by molar-refractivity contribution is -0.0267. The molecule has 3 nitrogen and oxygen atoms in total. The van der Waals surface area contributed by atoms with Crippen LogP contribution >= 0.6 is 0 Å². The lowest BCUT2D eigenvalue weighted by atomic mass is 9.83. The van der Waals surface area contributed by atoms with Crippen LogP contribution in [0.3, 0.4) is 0 Å². The quantitative estimate of drug-likeness (QED) is 0.748. The van der Waals surface area contributed by atoms with Gasteiger partial charge < -0.3 is 14.8 Å². The smallest absolute Gasteiger partial charge is 0.148 e. The van der Waals surface area contributed by atoms with E-state index >= 15 is 0 Å². The van der Waals surface area contributed by atoms with Crippen LogP contribution in [0.2, 0.25) is 0 Å². The van der Waals surface area contributed by atoms with Gasteiger partial charge >= 0.3 is 0 Å². The highest BCUT2D eigenvalue weighted by Gasteiger charge is 2.48. The van der Waals surface area contributed by atoms with Crippen molar-refractivity contribution < 1.29 is 9.47 Å². The van der Waals surface area contributed by atoms with E-state index in [1.807, 2.05) is 6.07 Å². The number of fused-ring (bicyclic) bond motifs is 1. The fourth-order valence-corrected chi connectivity index (χ4v) is 2.55. The third-order valence-corrected chi connectivity index (χ3v) is 3.37. The number of piperidine rings is 1. The number of ether oxygens (including phenoxy) is 2. The second-order valence-corrected chi connectivity index (χ2v) is 4.13. The van der Waals surface area contributed by atoms with Gasteiger partial charge in [-0.15, -0.1) is 0 Å². The molecule has 0 aliphatic carbocycles. The topological polar surface area (TPSA) is 30.5 Å². The standard InChI is InChI=1S/C12H15NO2/c1-2-4-10(5-3-1)12-6-7-13-8-11(12)14-9-15-12/h1-5,11,13H,6-9H2. The van der Waals surface area contributed by atoms with E-state index in [1.54, 1.807) is 0 Å². The van der Waals surface area contributed by atoms with Crippen molar-refractivity contribution in [1.82, 2.24) is 5.32 Å². The van der Waals surface area contributed by atoms with Crippen LogP contribution in [-0.4, -0.2) is 26.0 Å². The zero-order chi connectivity index (χ0) is 10.1. The van der Waals surface area contributed by atoms with Crippen LogP contribution in [0.15, 0.2) is 30.3 Å². The van der Waals surface area contributed by atoms with E-state index < -0.39 is 0 Å². The van der Waals surface area contributed by atoms with Crippen LogP contribution in [0, 0.1) is 0 Å². The van der Waals surface area contributed by atoms with Crippen molar-refractivity contribution >= 4 is 0 Å². The second-order valence-electron chi connectivity index (χ2n) is 4.13. The first-order chi connectivity index (χ1) is 7.42. The average molecular weight is 205 g/mol. The summed E-state index contributed by atoms with van der Waals surface area (Å²) in [5.74, 6) is 0. The molecular formula is C12H15NO2. The number of nitrogens with one attached hydrogen (secondary N) is 1. The Morgan fingerprint density at radius 2 is 2.13 bits per heavy atom. The van der Waals surface area contributed by atoms with Crippen LogP contribution in [0.4, 0.5) is 0 Å². The van der Waals surface area contributed by atoms with Gasteiger partial charge in [-0.1, -0.05) is 30.3 Å². The monoisotopic (exact) mass is 205 g/mol. The summed E-state index contributed by atoms with van der Waals surface area (Å²) in [6.07, 6.45) is 1.15. The summed E-state index contributed by atoms with van der Waals surface area (Å²) < 4.78 is 11.5. The van der Waals surface area contributed by atoms with Gasteiger partial charge in [0.05, 0.1) is 0 Å². The van der Waals surface area contributed by atoms with E-state index in [9.17, 15) is 0 Å². The molecule has 2 heterocycles. The Morgan fingerprint density at radius 1 is 1.27 bits per heavy atom. The van der Waals surface area contributed by atoms with Crippen molar-refractivity contribution in [1.29, 1.82) is 0 Å². The molecule has 0 radical (unpaired) electrons. The molecule has 2 fully saturated rings. The van der Waals surface area contributed by atoms with Gasteiger partial charge in [0, 0.05) is 6.54 Å². The molecule has 0 bridgehead atoms. The van der Waals surface area contributed by atoms with Gasteiger partial charge in [0.25, 0.3) is 0 Å². The van der Waals surface area contributed by atoms with Crippen molar-refractivity contribution in [2.75, 3.05) is 19.9 Å². The third kappa shape index (κ3) is 1.39. The van der Waals surface area contributed by atoms with E-state index in [0.717, 1.165) is 19.5 Å². The average Bonchev–Trinajstić information content (AvgIpc) is 2.75. The molecule has 2 unspecified atom stereocenters. The predicted molar refractivity (Wildman–Crippen MR) is 56.4 cm³/mol. The molecule has 2 saturated heterocycles. The summed E-state index contributed by atoms with van der Waals surface area (Å²) in [4.78, 5) is 0. The lowest BCUT2D eigenvalue weighted by Crippen LogP contribution is -2.50. The second kappa shape index (κ2) is 3.59. The molecule has 0 saturated carbocycles. The maximum absolute atomic E-state index is 5.87. The molecule has 15 heavy (non-hydrogen) atoms. The van der Waals surface area contributed by atoms with Gasteiger partial charge in [-0.3, -0.25) is 0 Å². The minimum absolute atomic E-state index is 0.161. The van der Waals surface area contributed by atoms with Crippen LogP contribution in [0.25, 0.3) is 0 Å². The minimum Gasteiger partial charge on any atom is -0.347 e. The molecule has 1 N–H and O–H groups in total. The van der Waals surface area contributed by atoms with Crippen LogP contribution in [0.5, 0.6) is 0 Å². The summed E-state index contributed by atoms with van der Waals surface area (Å²) in [5, 5.41) is 3.35. The molecule has 0 amide bonds. The molecule has 1 aromatic carbocycles. The van der Waals surface area contributed by atoms with Crippen LogP contribution in [-0.2, 0) is 15.1 Å². The Balaban J connectivity index is 2.00. The molecule has 0 spiro atoms. The first kappa shape index (κ1) is 9.33. The molecule has 3 rings (SSSR count). The highest BCUT2D eigenvalue weighted by Crippen LogP contribution is 2.40. The zero-order valence-corrected chi connectivity index (χ0v) is 8.61. The van der Waals surface area contributed by atoms with Gasteiger partial charge in [0.1, 0.15) is 18.5 Å². The third-order valence-electron chi connectivity index (χ3n) is 3.37. The molecule has 3 heteroatoms. The summed E-state index contributed by atoms with van der Waals surface area (Å²) in [6.45, 7) is 2.30. The SMILES string of the molecule is c1ccc(C23CCNCC2OCO3)cc1. The van der Waals surface area contributed by atoms with Gasteiger partial charge in [-0.25, -0.2) is 0 Å². The first-order valence-corrected chi connectivity index (χ1v) is 5.44. The van der Waals surface area contributed by atoms with Gasteiger partial charge in [0.15, 0.2) is 0 Å². The number of hydrogen-bond acceptors (Lipinski definition) is 3. The predicted octanol–water partition coefficient (Wildman–Crippen LogP) is 1.25. The Kier molecular flexibility index (Phi) is 2.24. The zero-order valence-electron chi connectivity index (χ0n) is 8.61. The molecule has 2 atom stereocenters. The van der Waals surface area contributed by atoms with Crippen molar-refractivity contribution in [3.8, 4) is 0 Å². The lowest BCUT2D eigenvalue weighted by Gasteiger charge is -2.37. The number of benzene rings is 1. The first-order valence-electron chi connectivity index (χ1n) is 5.44. The summed E-state index contributed by atoms with van der Waals surface area (Å²) in [7, 11) is 0. The van der Waals surface area contributed by atoms with E-state index in [2.05, 4.69) is 29.6 Å². The van der Waals surface area contributed by atoms with Crippen molar-refractivity contribution in [2.45, 2.75) is 18.1 Å².